The molecule has 3 aromatic rings. The molecule has 198 valence electrons. The molecule has 0 amide bonds. The number of anilines is 3. The van der Waals surface area contributed by atoms with Crippen LogP contribution in [0.5, 0.6) is 0 Å². The predicted octanol–water partition coefficient (Wildman–Crippen LogP) is 5.10. The summed E-state index contributed by atoms with van der Waals surface area (Å²) in [7, 11) is 1.68. The van der Waals surface area contributed by atoms with Crippen LogP contribution < -0.4 is 21.6 Å². The number of rotatable bonds is 9. The van der Waals surface area contributed by atoms with Gasteiger partial charge in [-0.2, -0.15) is 9.65 Å². The van der Waals surface area contributed by atoms with Crippen molar-refractivity contribution in [2.45, 2.75) is 24.9 Å². The van der Waals surface area contributed by atoms with E-state index in [0.29, 0.717) is 33.3 Å². The Morgan fingerprint density at radius 3 is 2.82 bits per heavy atom. The van der Waals surface area contributed by atoms with Gasteiger partial charge >= 0.3 is 0 Å². The number of hydrazine groups is 2. The van der Waals surface area contributed by atoms with Crippen LogP contribution in [0.25, 0.3) is 10.9 Å². The molecule has 0 bridgehead atoms. The SMILES string of the molecule is C=C(/C=C\C=N/C)[C@H](Nc1cc(Cl)c2ncc(C#N)c(Nc3cnc(F)c(F)c3)c2c1)C1=CN(C2CC2)NN1. The van der Waals surface area contributed by atoms with Crippen LogP contribution in [0.1, 0.15) is 18.4 Å². The van der Waals surface area contributed by atoms with Crippen LogP contribution in [0.15, 0.2) is 71.8 Å². The predicted molar refractivity (Wildman–Crippen MR) is 148 cm³/mol. The zero-order valence-electron chi connectivity index (χ0n) is 20.8. The fourth-order valence-electron chi connectivity index (χ4n) is 4.12. The summed E-state index contributed by atoms with van der Waals surface area (Å²) in [4.78, 5) is 11.7. The topological polar surface area (TPSA) is 113 Å². The van der Waals surface area contributed by atoms with Gasteiger partial charge in [0.05, 0.1) is 45.4 Å². The van der Waals surface area contributed by atoms with Gasteiger partial charge in [-0.1, -0.05) is 24.3 Å². The largest absolute Gasteiger partial charge is 0.373 e. The van der Waals surface area contributed by atoms with E-state index in [0.717, 1.165) is 36.4 Å². The number of benzene rings is 1. The van der Waals surface area contributed by atoms with Crippen molar-refractivity contribution >= 4 is 45.8 Å². The van der Waals surface area contributed by atoms with E-state index in [4.69, 9.17) is 11.6 Å². The molecule has 9 nitrogen and oxygen atoms in total. The smallest absolute Gasteiger partial charge is 0.249 e. The van der Waals surface area contributed by atoms with Gasteiger partial charge in [-0.05, 0) is 36.6 Å². The third-order valence-corrected chi connectivity index (χ3v) is 6.49. The molecule has 0 saturated heterocycles. The minimum absolute atomic E-state index is 0.160. The molecule has 1 atom stereocenters. The molecule has 2 aromatic heterocycles. The summed E-state index contributed by atoms with van der Waals surface area (Å²) in [6.07, 6.45) is 12.1. The second-order valence-corrected chi connectivity index (χ2v) is 9.42. The molecule has 0 unspecified atom stereocenters. The Kier molecular flexibility index (Phi) is 7.40. The zero-order valence-corrected chi connectivity index (χ0v) is 21.6. The van der Waals surface area contributed by atoms with Crippen LogP contribution in [0, 0.1) is 23.1 Å². The summed E-state index contributed by atoms with van der Waals surface area (Å²) in [5, 5.41) is 19.1. The maximum atomic E-state index is 13.8. The van der Waals surface area contributed by atoms with Gasteiger partial charge in [0.25, 0.3) is 0 Å². The highest BCUT2D eigenvalue weighted by Gasteiger charge is 2.32. The Morgan fingerprint density at radius 1 is 1.28 bits per heavy atom. The van der Waals surface area contributed by atoms with Gasteiger partial charge in [0, 0.05) is 48.8 Å². The average molecular weight is 548 g/mol. The van der Waals surface area contributed by atoms with E-state index in [1.54, 1.807) is 31.5 Å². The maximum Gasteiger partial charge on any atom is 0.249 e. The highest BCUT2D eigenvalue weighted by Crippen LogP contribution is 2.36. The highest BCUT2D eigenvalue weighted by molar-refractivity contribution is 6.36. The first-order chi connectivity index (χ1) is 18.9. The molecule has 1 aliphatic heterocycles. The van der Waals surface area contributed by atoms with E-state index in [1.165, 1.54) is 6.20 Å². The monoisotopic (exact) mass is 547 g/mol. The molecular weight excluding hydrogens is 524 g/mol. The first-order valence-electron chi connectivity index (χ1n) is 12.0. The van der Waals surface area contributed by atoms with Gasteiger partial charge in [0.1, 0.15) is 6.07 Å². The summed E-state index contributed by atoms with van der Waals surface area (Å²) in [5.41, 5.74) is 9.70. The molecule has 3 heterocycles. The zero-order chi connectivity index (χ0) is 27.5. The van der Waals surface area contributed by atoms with Crippen molar-refractivity contribution in [3.05, 3.63) is 89.1 Å². The number of hydrogen-bond donors (Lipinski definition) is 4. The first kappa shape index (κ1) is 26.1. The second kappa shape index (κ2) is 11.1. The number of aromatic nitrogens is 2. The molecule has 4 N–H and O–H groups in total. The van der Waals surface area contributed by atoms with Gasteiger partial charge in [-0.25, -0.2) is 9.37 Å². The second-order valence-electron chi connectivity index (χ2n) is 9.01. The maximum absolute atomic E-state index is 13.8. The molecule has 1 aromatic carbocycles. The Bertz CT molecular complexity index is 1570. The summed E-state index contributed by atoms with van der Waals surface area (Å²) in [6.45, 7) is 4.24. The Hall–Kier alpha value is -4.53. The molecule has 1 fully saturated rings. The van der Waals surface area contributed by atoms with Gasteiger partial charge in [0.15, 0.2) is 5.82 Å². The number of nitrogens with one attached hydrogen (secondary N) is 4. The van der Waals surface area contributed by atoms with Crippen molar-refractivity contribution in [3.63, 3.8) is 0 Å². The van der Waals surface area contributed by atoms with Crippen molar-refractivity contribution in [1.82, 2.24) is 25.9 Å². The normalized spacial score (nSPS) is 15.9. The third-order valence-electron chi connectivity index (χ3n) is 6.20. The van der Waals surface area contributed by atoms with E-state index in [9.17, 15) is 14.0 Å². The number of pyridine rings is 2. The first-order valence-corrected chi connectivity index (χ1v) is 12.4. The average Bonchev–Trinajstić information content (AvgIpc) is 3.66. The lowest BCUT2D eigenvalue weighted by Crippen LogP contribution is -2.40. The van der Waals surface area contributed by atoms with Gasteiger partial charge < -0.3 is 16.1 Å². The van der Waals surface area contributed by atoms with Gasteiger partial charge in [-0.3, -0.25) is 15.0 Å². The number of nitrogens with zero attached hydrogens (tertiary/aromatic N) is 5. The number of halogens is 3. The Morgan fingerprint density at radius 2 is 2.10 bits per heavy atom. The van der Waals surface area contributed by atoms with Crippen molar-refractivity contribution in [1.29, 1.82) is 5.26 Å². The molecule has 5 rings (SSSR count). The number of fused-ring (bicyclic) bond motifs is 1. The van der Waals surface area contributed by atoms with Crippen LogP contribution in [0.4, 0.5) is 25.8 Å². The fraction of sp³-hybridized carbons (Fsp3) is 0.185. The minimum Gasteiger partial charge on any atom is -0.373 e. The molecule has 1 aliphatic carbocycles. The number of hydrogen-bond acceptors (Lipinski definition) is 9. The lowest BCUT2D eigenvalue weighted by atomic mass is 10.0. The van der Waals surface area contributed by atoms with Crippen LogP contribution in [-0.4, -0.2) is 40.3 Å². The third kappa shape index (κ3) is 5.67. The van der Waals surface area contributed by atoms with Crippen molar-refractivity contribution < 1.29 is 8.78 Å². The molecule has 39 heavy (non-hydrogen) atoms. The van der Waals surface area contributed by atoms with Crippen LogP contribution >= 0.6 is 11.6 Å². The standard InChI is InChI=1S/C27H24ClF2N9/c1-15(4-3-7-32-2)24(23-14-39(38-37-23)19-5-6-19)35-17-8-20-25(36-18-10-22(29)27(30)34-13-18)16(11-31)12-33-26(20)21(28)9-17/h3-4,7-10,12-14,19,24,35,37-38H,1,5-6H2,2H3,(H,33,36)/b4-3-,32-7-/t24-/m0/s1. The summed E-state index contributed by atoms with van der Waals surface area (Å²) < 4.78 is 27.2. The van der Waals surface area contributed by atoms with Crippen LogP contribution in [-0.2, 0) is 0 Å². The fourth-order valence-corrected chi connectivity index (χ4v) is 4.39. The molecule has 0 spiro atoms. The van der Waals surface area contributed by atoms with E-state index >= 15 is 0 Å². The van der Waals surface area contributed by atoms with Crippen molar-refractivity contribution in [2.24, 2.45) is 4.99 Å². The van der Waals surface area contributed by atoms with Crippen LogP contribution in [0.3, 0.4) is 0 Å². The molecule has 0 radical (unpaired) electrons. The summed E-state index contributed by atoms with van der Waals surface area (Å²) in [6, 6.07) is 6.61. The van der Waals surface area contributed by atoms with Gasteiger partial charge in [-0.15, -0.1) is 5.53 Å². The molecular formula is C27H24ClF2N9. The molecule has 1 saturated carbocycles. The molecule has 12 heteroatoms. The Labute approximate surface area is 228 Å². The molecule has 2 aliphatic rings. The van der Waals surface area contributed by atoms with E-state index in [1.807, 2.05) is 17.3 Å². The lowest BCUT2D eigenvalue weighted by molar-refractivity contribution is 0.260. The quantitative estimate of drug-likeness (QED) is 0.166. The van der Waals surface area contributed by atoms with Crippen molar-refractivity contribution in [3.8, 4) is 6.07 Å². The summed E-state index contributed by atoms with van der Waals surface area (Å²) in [5.74, 6) is -2.34. The minimum atomic E-state index is -1.22. The van der Waals surface area contributed by atoms with E-state index in [2.05, 4.69) is 49.2 Å². The summed E-state index contributed by atoms with van der Waals surface area (Å²) >= 11 is 6.64. The van der Waals surface area contributed by atoms with E-state index < -0.39 is 11.8 Å². The van der Waals surface area contributed by atoms with Gasteiger partial charge in [0.2, 0.25) is 5.95 Å². The van der Waals surface area contributed by atoms with Crippen LogP contribution in [0.2, 0.25) is 5.02 Å². The number of nitriles is 1. The Balaban J connectivity index is 1.54. The lowest BCUT2D eigenvalue weighted by Gasteiger charge is -2.22. The van der Waals surface area contributed by atoms with E-state index in [-0.39, 0.29) is 17.3 Å². The number of aliphatic imine (C=N–C) groups is 1. The number of allylic oxidation sites excluding steroid dienone is 1. The van der Waals surface area contributed by atoms with Crippen molar-refractivity contribution in [2.75, 3.05) is 17.7 Å². The highest BCUT2D eigenvalue weighted by atomic mass is 35.5.